The van der Waals surface area contributed by atoms with E-state index in [1.165, 1.54) is 24.5 Å². The summed E-state index contributed by atoms with van der Waals surface area (Å²) in [5.74, 6) is 0.260. The molecule has 34 heavy (non-hydrogen) atoms. The SMILES string of the molecule is Fc1cccc(COc2ccc(Nc3ncnc4cc(N5CCOCC5)c(F)cc34)cc2Cl)c1. The van der Waals surface area contributed by atoms with E-state index in [1.54, 1.807) is 36.4 Å². The van der Waals surface area contributed by atoms with E-state index in [-0.39, 0.29) is 18.2 Å². The maximum Gasteiger partial charge on any atom is 0.147 e. The van der Waals surface area contributed by atoms with Gasteiger partial charge in [0, 0.05) is 24.2 Å². The summed E-state index contributed by atoms with van der Waals surface area (Å²) in [6.45, 7) is 2.58. The van der Waals surface area contributed by atoms with Crippen LogP contribution in [-0.4, -0.2) is 36.3 Å². The number of halogens is 3. The first-order valence-corrected chi connectivity index (χ1v) is 11.2. The van der Waals surface area contributed by atoms with Crippen LogP contribution in [0.5, 0.6) is 5.75 Å². The zero-order valence-corrected chi connectivity index (χ0v) is 18.9. The average Bonchev–Trinajstić information content (AvgIpc) is 2.84. The molecule has 6 nitrogen and oxygen atoms in total. The number of anilines is 3. The van der Waals surface area contributed by atoms with Gasteiger partial charge in [0.2, 0.25) is 0 Å². The minimum Gasteiger partial charge on any atom is -0.487 e. The van der Waals surface area contributed by atoms with Crippen molar-refractivity contribution in [3.8, 4) is 5.75 Å². The van der Waals surface area contributed by atoms with E-state index in [2.05, 4.69) is 15.3 Å². The van der Waals surface area contributed by atoms with Crippen molar-refractivity contribution in [3.63, 3.8) is 0 Å². The zero-order chi connectivity index (χ0) is 23.5. The molecule has 174 valence electrons. The predicted molar refractivity (Wildman–Crippen MR) is 128 cm³/mol. The summed E-state index contributed by atoms with van der Waals surface area (Å²) < 4.78 is 39.4. The number of hydrogen-bond acceptors (Lipinski definition) is 6. The van der Waals surface area contributed by atoms with E-state index >= 15 is 0 Å². The fraction of sp³-hybridized carbons (Fsp3) is 0.200. The van der Waals surface area contributed by atoms with Gasteiger partial charge in [0.15, 0.2) is 0 Å². The molecule has 0 atom stereocenters. The zero-order valence-electron chi connectivity index (χ0n) is 18.1. The quantitative estimate of drug-likeness (QED) is 0.379. The smallest absolute Gasteiger partial charge is 0.147 e. The molecule has 1 fully saturated rings. The van der Waals surface area contributed by atoms with Crippen molar-refractivity contribution in [1.29, 1.82) is 0 Å². The summed E-state index contributed by atoms with van der Waals surface area (Å²) in [6.07, 6.45) is 1.43. The first-order chi connectivity index (χ1) is 16.6. The van der Waals surface area contributed by atoms with Gasteiger partial charge in [-0.15, -0.1) is 0 Å². The number of nitrogens with zero attached hydrogens (tertiary/aromatic N) is 3. The second-order valence-corrected chi connectivity index (χ2v) is 8.24. The Kier molecular flexibility index (Phi) is 6.42. The number of benzene rings is 3. The Morgan fingerprint density at radius 3 is 2.68 bits per heavy atom. The molecule has 0 unspecified atom stereocenters. The molecule has 0 spiro atoms. The van der Waals surface area contributed by atoms with Crippen molar-refractivity contribution in [2.24, 2.45) is 0 Å². The van der Waals surface area contributed by atoms with Crippen LogP contribution >= 0.6 is 11.6 Å². The van der Waals surface area contributed by atoms with Gasteiger partial charge >= 0.3 is 0 Å². The highest BCUT2D eigenvalue weighted by Gasteiger charge is 2.18. The van der Waals surface area contributed by atoms with Gasteiger partial charge in [-0.2, -0.15) is 0 Å². The van der Waals surface area contributed by atoms with Gasteiger partial charge in [-0.05, 0) is 48.0 Å². The molecule has 5 rings (SSSR count). The number of ether oxygens (including phenoxy) is 2. The lowest BCUT2D eigenvalue weighted by atomic mass is 10.1. The van der Waals surface area contributed by atoms with Crippen LogP contribution in [0.15, 0.2) is 60.9 Å². The van der Waals surface area contributed by atoms with Gasteiger partial charge in [0.1, 0.15) is 36.1 Å². The monoisotopic (exact) mass is 482 g/mol. The summed E-state index contributed by atoms with van der Waals surface area (Å²) in [7, 11) is 0. The second-order valence-electron chi connectivity index (χ2n) is 7.83. The molecule has 0 bridgehead atoms. The lowest BCUT2D eigenvalue weighted by Gasteiger charge is -2.29. The molecule has 2 heterocycles. The molecule has 9 heteroatoms. The molecule has 1 aromatic heterocycles. The van der Waals surface area contributed by atoms with Gasteiger partial charge in [0.05, 0.1) is 29.4 Å². The average molecular weight is 483 g/mol. The summed E-state index contributed by atoms with van der Waals surface area (Å²) in [5, 5.41) is 4.11. The van der Waals surface area contributed by atoms with E-state index in [1.807, 2.05) is 4.90 Å². The van der Waals surface area contributed by atoms with E-state index in [9.17, 15) is 8.78 Å². The molecular weight excluding hydrogens is 462 g/mol. The summed E-state index contributed by atoms with van der Waals surface area (Å²) in [5.41, 5.74) is 2.48. The number of fused-ring (bicyclic) bond motifs is 1. The highest BCUT2D eigenvalue weighted by molar-refractivity contribution is 6.32. The molecule has 0 amide bonds. The van der Waals surface area contributed by atoms with E-state index in [0.717, 1.165) is 0 Å². The van der Waals surface area contributed by atoms with Crippen LogP contribution in [0, 0.1) is 11.6 Å². The Hall–Kier alpha value is -3.49. The number of morpholine rings is 1. The van der Waals surface area contributed by atoms with Gasteiger partial charge in [-0.3, -0.25) is 0 Å². The maximum atomic E-state index is 15.0. The van der Waals surface area contributed by atoms with Gasteiger partial charge < -0.3 is 19.7 Å². The topological polar surface area (TPSA) is 59.5 Å². The van der Waals surface area contributed by atoms with Crippen molar-refractivity contribution in [3.05, 3.63) is 83.1 Å². The maximum absolute atomic E-state index is 15.0. The fourth-order valence-electron chi connectivity index (χ4n) is 3.83. The highest BCUT2D eigenvalue weighted by atomic mass is 35.5. The molecule has 1 N–H and O–H groups in total. The first-order valence-electron chi connectivity index (χ1n) is 10.8. The molecule has 3 aromatic carbocycles. The normalized spacial score (nSPS) is 13.8. The molecule has 4 aromatic rings. The summed E-state index contributed by atoms with van der Waals surface area (Å²) >= 11 is 6.40. The highest BCUT2D eigenvalue weighted by Crippen LogP contribution is 2.33. The summed E-state index contributed by atoms with van der Waals surface area (Å²) in [6, 6.07) is 14.5. The van der Waals surface area contributed by atoms with E-state index in [4.69, 9.17) is 21.1 Å². The molecular formula is C25H21ClF2N4O2. The van der Waals surface area contributed by atoms with Crippen LogP contribution in [0.4, 0.5) is 26.0 Å². The van der Waals surface area contributed by atoms with Crippen molar-refractivity contribution in [1.82, 2.24) is 9.97 Å². The van der Waals surface area contributed by atoms with Crippen molar-refractivity contribution < 1.29 is 18.3 Å². The van der Waals surface area contributed by atoms with Gasteiger partial charge in [-0.25, -0.2) is 18.7 Å². The third-order valence-corrected chi connectivity index (χ3v) is 5.83. The van der Waals surface area contributed by atoms with Gasteiger partial charge in [-0.1, -0.05) is 23.7 Å². The van der Waals surface area contributed by atoms with Crippen LogP contribution in [0.3, 0.4) is 0 Å². The Balaban J connectivity index is 1.35. The Labute approximate surface area is 200 Å². The van der Waals surface area contributed by atoms with Gasteiger partial charge in [0.25, 0.3) is 0 Å². The predicted octanol–water partition coefficient (Wildman–Crippen LogP) is 5.72. The lowest BCUT2D eigenvalue weighted by molar-refractivity contribution is 0.122. The third kappa shape index (κ3) is 4.88. The molecule has 0 aliphatic carbocycles. The minimum atomic E-state index is -0.341. The number of rotatable bonds is 6. The van der Waals surface area contributed by atoms with E-state index < -0.39 is 0 Å². The second kappa shape index (κ2) is 9.79. The van der Waals surface area contributed by atoms with Crippen molar-refractivity contribution in [2.75, 3.05) is 36.5 Å². The van der Waals surface area contributed by atoms with Crippen LogP contribution in [-0.2, 0) is 11.3 Å². The molecule has 0 saturated carbocycles. The summed E-state index contributed by atoms with van der Waals surface area (Å²) in [4.78, 5) is 10.6. The van der Waals surface area contributed by atoms with Crippen LogP contribution in [0.1, 0.15) is 5.56 Å². The van der Waals surface area contributed by atoms with Crippen LogP contribution < -0.4 is 15.0 Å². The Morgan fingerprint density at radius 2 is 1.88 bits per heavy atom. The Bertz CT molecular complexity index is 1330. The lowest BCUT2D eigenvalue weighted by Crippen LogP contribution is -2.36. The minimum absolute atomic E-state index is 0.186. The number of nitrogens with one attached hydrogen (secondary N) is 1. The molecule has 0 radical (unpaired) electrons. The molecule has 1 saturated heterocycles. The first kappa shape index (κ1) is 22.3. The molecule has 1 aliphatic heterocycles. The standard InChI is InChI=1S/C25H21ClF2N4O2/c26-20-11-18(4-5-24(20)34-14-16-2-1-3-17(27)10-16)31-25-19-12-21(28)23(13-22(19)29-15-30-25)32-6-8-33-9-7-32/h1-5,10-13,15H,6-9,14H2,(H,29,30,31). The van der Waals surface area contributed by atoms with Crippen LogP contribution in [0.2, 0.25) is 5.02 Å². The molecule has 1 aliphatic rings. The third-order valence-electron chi connectivity index (χ3n) is 5.53. The van der Waals surface area contributed by atoms with Crippen molar-refractivity contribution in [2.45, 2.75) is 6.61 Å². The largest absolute Gasteiger partial charge is 0.487 e. The number of aromatic nitrogens is 2. The fourth-order valence-corrected chi connectivity index (χ4v) is 4.07. The number of hydrogen-bond donors (Lipinski definition) is 1. The van der Waals surface area contributed by atoms with Crippen LogP contribution in [0.25, 0.3) is 10.9 Å². The van der Waals surface area contributed by atoms with E-state index in [0.29, 0.717) is 70.7 Å². The Morgan fingerprint density at radius 1 is 1.03 bits per heavy atom. The van der Waals surface area contributed by atoms with Crippen molar-refractivity contribution >= 4 is 39.7 Å².